The Morgan fingerprint density at radius 2 is 1.69 bits per heavy atom. The van der Waals surface area contributed by atoms with Gasteiger partial charge in [0, 0.05) is 68.2 Å². The maximum Gasteiger partial charge on any atom is 0.405 e. The minimum atomic E-state index is -4.61. The number of ether oxygens (including phenoxy) is 1. The Hall–Kier alpha value is -6.05. The van der Waals surface area contributed by atoms with Crippen molar-refractivity contribution >= 4 is 17.7 Å². The fourth-order valence-corrected chi connectivity index (χ4v) is 8.46. The molecule has 5 aromatic rings. The van der Waals surface area contributed by atoms with E-state index in [1.807, 2.05) is 74.2 Å². The summed E-state index contributed by atoms with van der Waals surface area (Å²) in [5, 5.41) is 28.6. The van der Waals surface area contributed by atoms with Gasteiger partial charge in [0.15, 0.2) is 5.76 Å². The number of pyridine rings is 1. The number of rotatable bonds is 15. The molecule has 2 aliphatic rings. The summed E-state index contributed by atoms with van der Waals surface area (Å²) in [5.74, 6) is -0.0262. The smallest absolute Gasteiger partial charge is 0.405 e. The number of aromatic nitrogens is 1. The highest BCUT2D eigenvalue weighted by atomic mass is 19.4. The van der Waals surface area contributed by atoms with E-state index < -0.39 is 54.4 Å². The fourth-order valence-electron chi connectivity index (χ4n) is 8.46. The van der Waals surface area contributed by atoms with Crippen molar-refractivity contribution < 1.29 is 56.2 Å². The van der Waals surface area contributed by atoms with Gasteiger partial charge in [-0.3, -0.25) is 34.0 Å². The van der Waals surface area contributed by atoms with Gasteiger partial charge in [0.25, 0.3) is 0 Å². The summed E-state index contributed by atoms with van der Waals surface area (Å²) in [4.78, 5) is 51.4. The highest BCUT2D eigenvalue weighted by molar-refractivity contribution is 5.91. The van der Waals surface area contributed by atoms with Crippen molar-refractivity contribution in [2.45, 2.75) is 76.5 Å². The van der Waals surface area contributed by atoms with Crippen LogP contribution in [0.15, 0.2) is 106 Å². The van der Waals surface area contributed by atoms with Crippen LogP contribution in [0.5, 0.6) is 5.75 Å². The highest BCUT2D eigenvalue weighted by Crippen LogP contribution is 2.37. The molecule has 0 unspecified atom stereocenters. The third kappa shape index (κ3) is 12.9. The monoisotopic (exact) mass is 932 g/mol. The lowest BCUT2D eigenvalue weighted by atomic mass is 9.90. The zero-order valence-corrected chi connectivity index (χ0v) is 38.5. The molecule has 3 amide bonds. The van der Waals surface area contributed by atoms with E-state index in [1.54, 1.807) is 54.5 Å². The molecule has 2 aromatic carbocycles. The lowest BCUT2D eigenvalue weighted by Gasteiger charge is -2.47. The minimum absolute atomic E-state index is 0.0000940. The molecule has 0 bridgehead atoms. The molecule has 4 N–H and O–H groups in total. The number of aryl methyl sites for hydroxylation is 2. The van der Waals surface area contributed by atoms with Gasteiger partial charge in [0.1, 0.15) is 42.6 Å². The van der Waals surface area contributed by atoms with E-state index in [2.05, 4.69) is 15.6 Å². The molecule has 7 rings (SSSR count). The van der Waals surface area contributed by atoms with Crippen LogP contribution >= 0.6 is 0 Å². The standard InChI is InChI=1S/C41H48F3N5O6.C8H11NO3/c1-26-19-35(28-13-15-45-16-14-28)55-37(26)40(2,3)49-18-17-48(32(23-49)39(53)46-25-41(42,43)44)22-30(50)21-29(20-27-9-5-4-6-10-27)38(52)47-36-31-11-7-8-12-34(31)54-24-33(36)51;1-6-4-5-12-7(6)8(10)9(2)11-3/h4-16,19,29-30,32-33,36,50-51H,17-18,20-25H2,1-3H3,(H,46,53)(H,47,52);4-5H,1-3H3/t29-,30+,32+,33-,36+;/m1./s1. The molecule has 360 valence electrons. The molecule has 15 nitrogen and oxygen atoms in total. The van der Waals surface area contributed by atoms with Crippen LogP contribution in [0.25, 0.3) is 11.3 Å². The van der Waals surface area contributed by atoms with Crippen LogP contribution in [-0.2, 0) is 26.4 Å². The Morgan fingerprint density at radius 3 is 2.36 bits per heavy atom. The molecule has 18 heteroatoms. The minimum Gasteiger partial charge on any atom is -0.490 e. The molecule has 5 atom stereocenters. The van der Waals surface area contributed by atoms with Crippen molar-refractivity contribution in [3.63, 3.8) is 0 Å². The molecule has 0 radical (unpaired) electrons. The first kappa shape index (κ1) is 50.4. The Morgan fingerprint density at radius 1 is 0.985 bits per heavy atom. The van der Waals surface area contributed by atoms with E-state index in [-0.39, 0.29) is 50.9 Å². The van der Waals surface area contributed by atoms with Crippen LogP contribution in [0.1, 0.15) is 64.9 Å². The number of nitrogens with zero attached hydrogens (tertiary/aromatic N) is 4. The van der Waals surface area contributed by atoms with Crippen LogP contribution < -0.4 is 15.4 Å². The normalized spacial score (nSPS) is 18.6. The number of carbonyl (C=O) groups is 3. The van der Waals surface area contributed by atoms with Gasteiger partial charge in [-0.2, -0.15) is 13.2 Å². The van der Waals surface area contributed by atoms with Crippen molar-refractivity contribution in [2.24, 2.45) is 5.92 Å². The Labute approximate surface area is 387 Å². The number of furan rings is 2. The van der Waals surface area contributed by atoms with Crippen molar-refractivity contribution in [2.75, 3.05) is 53.5 Å². The molecular formula is C49H59F3N6O9. The number of amides is 3. The van der Waals surface area contributed by atoms with Crippen molar-refractivity contribution in [1.29, 1.82) is 0 Å². The van der Waals surface area contributed by atoms with Crippen LogP contribution in [-0.4, -0.2) is 126 Å². The maximum absolute atomic E-state index is 14.0. The number of para-hydroxylation sites is 1. The SMILES string of the molecule is CON(C)C(=O)c1occc1C.Cc1cc(-c2ccncc2)oc1C(C)(C)N1CCN(C[C@@H](O)C[C@@H](Cc2ccccc2)C(=O)N[C@H]2c3ccccc3OC[C@H]2O)[C@H](C(=O)NCC(F)(F)F)C1. The molecule has 2 aliphatic heterocycles. The number of halogens is 3. The number of carbonyl (C=O) groups excluding carboxylic acids is 3. The predicted octanol–water partition coefficient (Wildman–Crippen LogP) is 5.99. The van der Waals surface area contributed by atoms with Gasteiger partial charge < -0.3 is 34.4 Å². The van der Waals surface area contributed by atoms with Crippen molar-refractivity contribution in [3.8, 4) is 17.1 Å². The largest absolute Gasteiger partial charge is 0.490 e. The topological polar surface area (TPSA) is 183 Å². The number of hydrogen-bond donors (Lipinski definition) is 4. The van der Waals surface area contributed by atoms with Crippen LogP contribution in [0, 0.1) is 19.8 Å². The fraction of sp³-hybridized carbons (Fsp3) is 0.429. The number of hydrogen-bond acceptors (Lipinski definition) is 12. The van der Waals surface area contributed by atoms with Crippen LogP contribution in [0.4, 0.5) is 13.2 Å². The number of benzene rings is 2. The van der Waals surface area contributed by atoms with E-state index in [4.69, 9.17) is 18.4 Å². The number of hydroxylamine groups is 2. The molecule has 67 heavy (non-hydrogen) atoms. The van der Waals surface area contributed by atoms with Gasteiger partial charge >= 0.3 is 12.1 Å². The molecular weight excluding hydrogens is 874 g/mol. The van der Waals surface area contributed by atoms with E-state index in [9.17, 15) is 37.8 Å². The van der Waals surface area contributed by atoms with Gasteiger partial charge in [-0.1, -0.05) is 48.5 Å². The summed E-state index contributed by atoms with van der Waals surface area (Å²) in [6, 6.07) is 22.0. The third-order valence-corrected chi connectivity index (χ3v) is 12.1. The lowest BCUT2D eigenvalue weighted by molar-refractivity contribution is -0.144. The molecule has 0 aliphatic carbocycles. The summed E-state index contributed by atoms with van der Waals surface area (Å²) in [7, 11) is 2.96. The third-order valence-electron chi connectivity index (χ3n) is 12.1. The second-order valence-corrected chi connectivity index (χ2v) is 17.3. The van der Waals surface area contributed by atoms with Crippen LogP contribution in [0.3, 0.4) is 0 Å². The summed E-state index contributed by atoms with van der Waals surface area (Å²) in [6.07, 6.45) is -1.64. The molecule has 1 saturated heterocycles. The first-order chi connectivity index (χ1) is 31.9. The number of piperazine rings is 1. The zero-order chi connectivity index (χ0) is 48.5. The maximum atomic E-state index is 14.0. The highest BCUT2D eigenvalue weighted by Gasteiger charge is 2.43. The van der Waals surface area contributed by atoms with Gasteiger partial charge in [0.05, 0.1) is 31.1 Å². The second kappa shape index (κ2) is 22.2. The second-order valence-electron chi connectivity index (χ2n) is 17.3. The molecule has 0 saturated carbocycles. The predicted molar refractivity (Wildman–Crippen MR) is 241 cm³/mol. The summed E-state index contributed by atoms with van der Waals surface area (Å²) in [6.45, 7) is 6.81. The Balaban J connectivity index is 0.000000537. The van der Waals surface area contributed by atoms with Gasteiger partial charge in [-0.05, 0) is 82.0 Å². The van der Waals surface area contributed by atoms with E-state index >= 15 is 0 Å². The average molecular weight is 933 g/mol. The van der Waals surface area contributed by atoms with Crippen molar-refractivity contribution in [1.82, 2.24) is 30.5 Å². The summed E-state index contributed by atoms with van der Waals surface area (Å²) >= 11 is 0. The Kier molecular flexibility index (Phi) is 16.7. The van der Waals surface area contributed by atoms with Crippen LogP contribution in [0.2, 0.25) is 0 Å². The number of alkyl halides is 3. The quantitative estimate of drug-likeness (QED) is 0.0902. The average Bonchev–Trinajstić information content (AvgIpc) is 3.94. The number of aliphatic hydroxyl groups is 2. The van der Waals surface area contributed by atoms with Gasteiger partial charge in [-0.15, -0.1) is 0 Å². The first-order valence-corrected chi connectivity index (χ1v) is 22.0. The summed E-state index contributed by atoms with van der Waals surface area (Å²) < 4.78 is 56.8. The number of β-amino-alcohol motifs (C(OH)–C–C–N with tert-alkyl or cyclic N) is 1. The zero-order valence-electron chi connectivity index (χ0n) is 38.5. The number of fused-ring (bicyclic) bond motifs is 1. The molecule has 3 aromatic heterocycles. The first-order valence-electron chi connectivity index (χ1n) is 22.0. The number of nitrogens with one attached hydrogen (secondary N) is 2. The van der Waals surface area contributed by atoms with E-state index in [0.29, 0.717) is 35.1 Å². The number of aliphatic hydroxyl groups excluding tert-OH is 2. The lowest BCUT2D eigenvalue weighted by Crippen LogP contribution is -2.63. The molecule has 5 heterocycles. The summed E-state index contributed by atoms with van der Waals surface area (Å²) in [5.41, 5.74) is 3.28. The van der Waals surface area contributed by atoms with Crippen molar-refractivity contribution in [3.05, 3.63) is 131 Å². The van der Waals surface area contributed by atoms with E-state index in [1.165, 1.54) is 20.4 Å². The molecule has 0 spiro atoms. The van der Waals surface area contributed by atoms with Gasteiger partial charge in [0.2, 0.25) is 11.8 Å². The van der Waals surface area contributed by atoms with Gasteiger partial charge in [-0.25, -0.2) is 5.06 Å². The van der Waals surface area contributed by atoms with E-state index in [0.717, 1.165) is 27.3 Å². The Bertz CT molecular complexity index is 2410. The molecule has 1 fully saturated rings.